The smallest absolute Gasteiger partial charge is 0.0951 e. The van der Waals surface area contributed by atoms with Gasteiger partial charge in [-0.15, -0.1) is 0 Å². The lowest BCUT2D eigenvalue weighted by Crippen LogP contribution is -2.40. The molecule has 0 spiro atoms. The highest BCUT2D eigenvalue weighted by atomic mass is 16.3. The molecule has 3 unspecified atom stereocenters. The number of nitrogens with two attached hydrogens (primary N) is 1. The SMILES string of the molecule is CC(N)C(c1cccc2ccccc12)C(C)(O)c1ccccc1. The summed E-state index contributed by atoms with van der Waals surface area (Å²) < 4.78 is 0. The van der Waals surface area contributed by atoms with Crippen molar-refractivity contribution in [3.63, 3.8) is 0 Å². The van der Waals surface area contributed by atoms with E-state index < -0.39 is 5.60 Å². The highest BCUT2D eigenvalue weighted by Crippen LogP contribution is 2.41. The molecule has 118 valence electrons. The maximum Gasteiger partial charge on any atom is 0.0951 e. The van der Waals surface area contributed by atoms with Crippen LogP contribution in [0.5, 0.6) is 0 Å². The van der Waals surface area contributed by atoms with Gasteiger partial charge in [0, 0.05) is 12.0 Å². The first-order chi connectivity index (χ1) is 11.0. The minimum Gasteiger partial charge on any atom is -0.385 e. The lowest BCUT2D eigenvalue weighted by Gasteiger charge is -2.37. The second kappa shape index (κ2) is 6.15. The Labute approximate surface area is 137 Å². The van der Waals surface area contributed by atoms with Gasteiger partial charge in [-0.3, -0.25) is 0 Å². The van der Waals surface area contributed by atoms with Crippen LogP contribution in [0.1, 0.15) is 30.9 Å². The van der Waals surface area contributed by atoms with Crippen molar-refractivity contribution in [3.05, 3.63) is 83.9 Å². The predicted molar refractivity (Wildman–Crippen MR) is 96.4 cm³/mol. The molecule has 3 aromatic rings. The maximum atomic E-state index is 11.3. The van der Waals surface area contributed by atoms with Crippen LogP contribution < -0.4 is 5.73 Å². The molecule has 0 amide bonds. The topological polar surface area (TPSA) is 46.2 Å². The zero-order chi connectivity index (χ0) is 16.4. The van der Waals surface area contributed by atoms with E-state index in [1.54, 1.807) is 0 Å². The van der Waals surface area contributed by atoms with Crippen LogP contribution in [0.3, 0.4) is 0 Å². The Bertz CT molecular complexity index is 788. The van der Waals surface area contributed by atoms with Gasteiger partial charge < -0.3 is 10.8 Å². The van der Waals surface area contributed by atoms with Crippen LogP contribution in [-0.4, -0.2) is 11.1 Å². The zero-order valence-corrected chi connectivity index (χ0v) is 13.6. The molecule has 0 saturated heterocycles. The van der Waals surface area contributed by atoms with Crippen LogP contribution in [0.4, 0.5) is 0 Å². The van der Waals surface area contributed by atoms with Gasteiger partial charge in [0.15, 0.2) is 0 Å². The first kappa shape index (κ1) is 15.7. The standard InChI is InChI=1S/C21H23NO/c1-15(22)20(21(2,23)17-11-4-3-5-12-17)19-14-8-10-16-9-6-7-13-18(16)19/h3-15,20,23H,22H2,1-2H3. The summed E-state index contributed by atoms with van der Waals surface area (Å²) in [6.07, 6.45) is 0. The predicted octanol–water partition coefficient (Wildman–Crippen LogP) is 4.18. The molecule has 0 heterocycles. The van der Waals surface area contributed by atoms with Gasteiger partial charge in [-0.2, -0.15) is 0 Å². The number of hydrogen-bond donors (Lipinski definition) is 2. The number of hydrogen-bond acceptors (Lipinski definition) is 2. The molecular weight excluding hydrogens is 282 g/mol. The van der Waals surface area contributed by atoms with Gasteiger partial charge in [0.05, 0.1) is 5.60 Å². The maximum absolute atomic E-state index is 11.3. The van der Waals surface area contributed by atoms with Crippen LogP contribution in [0.25, 0.3) is 10.8 Å². The fourth-order valence-electron chi connectivity index (χ4n) is 3.57. The van der Waals surface area contributed by atoms with Gasteiger partial charge in [0.1, 0.15) is 0 Å². The summed E-state index contributed by atoms with van der Waals surface area (Å²) >= 11 is 0. The van der Waals surface area contributed by atoms with E-state index in [1.165, 1.54) is 5.39 Å². The van der Waals surface area contributed by atoms with Crippen LogP contribution in [0.2, 0.25) is 0 Å². The summed E-state index contributed by atoms with van der Waals surface area (Å²) in [4.78, 5) is 0. The molecular formula is C21H23NO. The molecule has 0 aliphatic heterocycles. The third kappa shape index (κ3) is 2.88. The van der Waals surface area contributed by atoms with E-state index in [0.29, 0.717) is 0 Å². The Hall–Kier alpha value is -2.16. The Morgan fingerprint density at radius 2 is 1.48 bits per heavy atom. The highest BCUT2D eigenvalue weighted by molar-refractivity contribution is 5.86. The third-order valence-electron chi connectivity index (χ3n) is 4.65. The number of benzene rings is 3. The van der Waals surface area contributed by atoms with E-state index in [4.69, 9.17) is 5.73 Å². The molecule has 0 saturated carbocycles. The molecule has 3 atom stereocenters. The molecule has 0 bridgehead atoms. The van der Waals surface area contributed by atoms with E-state index in [9.17, 15) is 5.11 Å². The molecule has 0 aliphatic carbocycles. The fraction of sp³-hybridized carbons (Fsp3) is 0.238. The van der Waals surface area contributed by atoms with E-state index in [1.807, 2.05) is 62.4 Å². The van der Waals surface area contributed by atoms with Crippen molar-refractivity contribution < 1.29 is 5.11 Å². The molecule has 2 nitrogen and oxygen atoms in total. The average molecular weight is 305 g/mol. The molecule has 3 aromatic carbocycles. The normalized spacial score (nSPS) is 16.7. The summed E-state index contributed by atoms with van der Waals surface area (Å²) in [6, 6.07) is 24.0. The lowest BCUT2D eigenvalue weighted by molar-refractivity contribution is 0.0198. The van der Waals surface area contributed by atoms with Crippen molar-refractivity contribution in [1.29, 1.82) is 0 Å². The summed E-state index contributed by atoms with van der Waals surface area (Å²) in [5.74, 6) is -0.198. The van der Waals surface area contributed by atoms with Gasteiger partial charge in [-0.1, -0.05) is 72.8 Å². The van der Waals surface area contributed by atoms with Crippen molar-refractivity contribution >= 4 is 10.8 Å². The Morgan fingerprint density at radius 3 is 2.17 bits per heavy atom. The van der Waals surface area contributed by atoms with Crippen LogP contribution in [0.15, 0.2) is 72.8 Å². The van der Waals surface area contributed by atoms with Crippen LogP contribution in [-0.2, 0) is 5.60 Å². The monoisotopic (exact) mass is 305 g/mol. The van der Waals surface area contributed by atoms with Crippen molar-refractivity contribution in [2.45, 2.75) is 31.4 Å². The van der Waals surface area contributed by atoms with Crippen molar-refractivity contribution in [3.8, 4) is 0 Å². The Balaban J connectivity index is 2.19. The largest absolute Gasteiger partial charge is 0.385 e. The Kier molecular flexibility index (Phi) is 4.20. The quantitative estimate of drug-likeness (QED) is 0.759. The van der Waals surface area contributed by atoms with E-state index >= 15 is 0 Å². The minimum absolute atomic E-state index is 0.184. The van der Waals surface area contributed by atoms with Crippen molar-refractivity contribution in [1.82, 2.24) is 0 Å². The summed E-state index contributed by atoms with van der Waals surface area (Å²) in [5, 5.41) is 13.7. The van der Waals surface area contributed by atoms with Crippen LogP contribution in [0, 0.1) is 0 Å². The minimum atomic E-state index is -1.04. The van der Waals surface area contributed by atoms with Gasteiger partial charge in [0.2, 0.25) is 0 Å². The molecule has 0 aromatic heterocycles. The molecule has 0 aliphatic rings. The average Bonchev–Trinajstić information content (AvgIpc) is 2.55. The van der Waals surface area contributed by atoms with E-state index in [-0.39, 0.29) is 12.0 Å². The third-order valence-corrected chi connectivity index (χ3v) is 4.65. The molecule has 3 rings (SSSR count). The molecule has 0 fully saturated rings. The second-order valence-electron chi connectivity index (χ2n) is 6.42. The van der Waals surface area contributed by atoms with Gasteiger partial charge >= 0.3 is 0 Å². The number of aliphatic hydroxyl groups is 1. The van der Waals surface area contributed by atoms with Gasteiger partial charge in [0.25, 0.3) is 0 Å². The molecule has 3 N–H and O–H groups in total. The number of rotatable bonds is 4. The summed E-state index contributed by atoms with van der Waals surface area (Å²) in [5.41, 5.74) is 7.26. The van der Waals surface area contributed by atoms with Crippen LogP contribution >= 0.6 is 0 Å². The van der Waals surface area contributed by atoms with Crippen molar-refractivity contribution in [2.24, 2.45) is 5.73 Å². The number of fused-ring (bicyclic) bond motifs is 1. The Morgan fingerprint density at radius 1 is 0.870 bits per heavy atom. The highest BCUT2D eigenvalue weighted by Gasteiger charge is 2.37. The molecule has 0 radical (unpaired) electrons. The zero-order valence-electron chi connectivity index (χ0n) is 13.6. The molecule has 2 heteroatoms. The van der Waals surface area contributed by atoms with E-state index in [0.717, 1.165) is 16.5 Å². The fourth-order valence-corrected chi connectivity index (χ4v) is 3.57. The molecule has 23 heavy (non-hydrogen) atoms. The summed E-state index contributed by atoms with van der Waals surface area (Å²) in [7, 11) is 0. The first-order valence-electron chi connectivity index (χ1n) is 8.03. The van der Waals surface area contributed by atoms with Gasteiger partial charge in [-0.05, 0) is 35.7 Å². The van der Waals surface area contributed by atoms with Crippen molar-refractivity contribution in [2.75, 3.05) is 0 Å². The van der Waals surface area contributed by atoms with Gasteiger partial charge in [-0.25, -0.2) is 0 Å². The summed E-state index contributed by atoms with van der Waals surface area (Å²) in [6.45, 7) is 3.82. The first-order valence-corrected chi connectivity index (χ1v) is 8.03. The lowest BCUT2D eigenvalue weighted by atomic mass is 9.74. The second-order valence-corrected chi connectivity index (χ2v) is 6.42. The van der Waals surface area contributed by atoms with E-state index in [2.05, 4.69) is 24.3 Å².